The Morgan fingerprint density at radius 2 is 1.69 bits per heavy atom. The molecule has 0 heterocycles. The van der Waals surface area contributed by atoms with Gasteiger partial charge in [-0.25, -0.2) is 0 Å². The maximum absolute atomic E-state index is 5.48. The first-order valence-corrected chi connectivity index (χ1v) is 6.64. The summed E-state index contributed by atoms with van der Waals surface area (Å²) in [4.78, 5) is 0. The van der Waals surface area contributed by atoms with E-state index in [1.165, 1.54) is 0 Å². The van der Waals surface area contributed by atoms with E-state index in [1.54, 1.807) is 7.11 Å². The smallest absolute Gasteiger partial charge is 0.0701 e. The van der Waals surface area contributed by atoms with E-state index in [2.05, 4.69) is 29.4 Å². The SMILES string of the molecule is C=CC(C)(CBr)CCOCCOCCOC. The maximum atomic E-state index is 5.48. The van der Waals surface area contributed by atoms with Gasteiger partial charge in [0.25, 0.3) is 0 Å². The number of alkyl halides is 1. The van der Waals surface area contributed by atoms with Gasteiger partial charge in [0.15, 0.2) is 0 Å². The first-order chi connectivity index (χ1) is 7.68. The molecule has 0 fully saturated rings. The van der Waals surface area contributed by atoms with Gasteiger partial charge in [-0.1, -0.05) is 28.9 Å². The highest BCUT2D eigenvalue weighted by Crippen LogP contribution is 2.24. The normalized spacial score (nSPS) is 14.7. The van der Waals surface area contributed by atoms with Crippen molar-refractivity contribution >= 4 is 15.9 Å². The molecule has 0 bridgehead atoms. The highest BCUT2D eigenvalue weighted by molar-refractivity contribution is 9.09. The summed E-state index contributed by atoms with van der Waals surface area (Å²) in [6.45, 7) is 9.26. The van der Waals surface area contributed by atoms with Gasteiger partial charge in [-0.2, -0.15) is 0 Å². The van der Waals surface area contributed by atoms with Crippen molar-refractivity contribution in [1.29, 1.82) is 0 Å². The minimum atomic E-state index is 0.122. The molecule has 0 N–H and O–H groups in total. The van der Waals surface area contributed by atoms with Crippen LogP contribution in [0.15, 0.2) is 12.7 Å². The molecule has 0 aromatic carbocycles. The van der Waals surface area contributed by atoms with E-state index in [4.69, 9.17) is 14.2 Å². The largest absolute Gasteiger partial charge is 0.382 e. The molecule has 0 radical (unpaired) electrons. The molecule has 3 nitrogen and oxygen atoms in total. The summed E-state index contributed by atoms with van der Waals surface area (Å²) < 4.78 is 15.6. The van der Waals surface area contributed by atoms with E-state index in [-0.39, 0.29) is 5.41 Å². The predicted octanol–water partition coefficient (Wildman–Crippen LogP) is 2.64. The van der Waals surface area contributed by atoms with Crippen LogP contribution in [0.25, 0.3) is 0 Å². The Kier molecular flexibility index (Phi) is 10.3. The molecule has 0 aliphatic rings. The molecule has 0 aliphatic carbocycles. The van der Waals surface area contributed by atoms with Gasteiger partial charge in [0.1, 0.15) is 0 Å². The lowest BCUT2D eigenvalue weighted by molar-refractivity contribution is 0.0207. The van der Waals surface area contributed by atoms with Crippen LogP contribution in [0.3, 0.4) is 0 Å². The van der Waals surface area contributed by atoms with Crippen LogP contribution in [0.5, 0.6) is 0 Å². The average molecular weight is 295 g/mol. The lowest BCUT2D eigenvalue weighted by Gasteiger charge is -2.22. The third-order valence-corrected chi connectivity index (χ3v) is 3.70. The number of hydrogen-bond acceptors (Lipinski definition) is 3. The third-order valence-electron chi connectivity index (χ3n) is 2.42. The van der Waals surface area contributed by atoms with E-state index >= 15 is 0 Å². The van der Waals surface area contributed by atoms with Gasteiger partial charge in [-0.15, -0.1) is 6.58 Å². The predicted molar refractivity (Wildman–Crippen MR) is 70.2 cm³/mol. The van der Waals surface area contributed by atoms with E-state index < -0.39 is 0 Å². The van der Waals surface area contributed by atoms with Crippen molar-refractivity contribution in [1.82, 2.24) is 0 Å². The zero-order chi connectivity index (χ0) is 12.3. The van der Waals surface area contributed by atoms with E-state index in [9.17, 15) is 0 Å². The Morgan fingerprint density at radius 1 is 1.12 bits per heavy atom. The van der Waals surface area contributed by atoms with Crippen molar-refractivity contribution in [3.63, 3.8) is 0 Å². The van der Waals surface area contributed by atoms with Gasteiger partial charge < -0.3 is 14.2 Å². The minimum absolute atomic E-state index is 0.122. The molecule has 0 aliphatic heterocycles. The van der Waals surface area contributed by atoms with E-state index in [0.29, 0.717) is 26.4 Å². The second kappa shape index (κ2) is 10.3. The van der Waals surface area contributed by atoms with Gasteiger partial charge in [0, 0.05) is 19.0 Å². The fourth-order valence-corrected chi connectivity index (χ4v) is 1.50. The molecular weight excluding hydrogens is 272 g/mol. The first-order valence-electron chi connectivity index (χ1n) is 5.52. The molecule has 1 atom stereocenters. The summed E-state index contributed by atoms with van der Waals surface area (Å²) in [6, 6.07) is 0. The molecule has 0 saturated carbocycles. The average Bonchev–Trinajstić information content (AvgIpc) is 2.32. The van der Waals surface area contributed by atoms with Gasteiger partial charge in [0.05, 0.1) is 26.4 Å². The fraction of sp³-hybridized carbons (Fsp3) is 0.833. The van der Waals surface area contributed by atoms with Gasteiger partial charge in [-0.05, 0) is 11.8 Å². The Bertz CT molecular complexity index is 176. The Hall–Kier alpha value is 0.1000. The highest BCUT2D eigenvalue weighted by Gasteiger charge is 2.17. The lowest BCUT2D eigenvalue weighted by Crippen LogP contribution is -2.18. The van der Waals surface area contributed by atoms with Crippen LogP contribution in [0, 0.1) is 5.41 Å². The molecule has 0 spiro atoms. The van der Waals surface area contributed by atoms with E-state index in [1.807, 2.05) is 6.08 Å². The van der Waals surface area contributed by atoms with Gasteiger partial charge in [-0.3, -0.25) is 0 Å². The fourth-order valence-electron chi connectivity index (χ4n) is 0.993. The highest BCUT2D eigenvalue weighted by atomic mass is 79.9. The number of halogens is 1. The van der Waals surface area contributed by atoms with Crippen LogP contribution >= 0.6 is 15.9 Å². The second-order valence-corrected chi connectivity index (χ2v) is 4.52. The minimum Gasteiger partial charge on any atom is -0.382 e. The zero-order valence-corrected chi connectivity index (χ0v) is 11.9. The molecule has 0 saturated heterocycles. The summed E-state index contributed by atoms with van der Waals surface area (Å²) in [5.41, 5.74) is 0.122. The molecular formula is C12H23BrO3. The van der Waals surface area contributed by atoms with Crippen LogP contribution in [0.4, 0.5) is 0 Å². The summed E-state index contributed by atoms with van der Waals surface area (Å²) in [6.07, 6.45) is 2.94. The van der Waals surface area contributed by atoms with Crippen molar-refractivity contribution in [3.05, 3.63) is 12.7 Å². The second-order valence-electron chi connectivity index (χ2n) is 3.96. The number of hydrogen-bond donors (Lipinski definition) is 0. The lowest BCUT2D eigenvalue weighted by atomic mass is 9.90. The van der Waals surface area contributed by atoms with Crippen LogP contribution in [-0.2, 0) is 14.2 Å². The molecule has 0 aromatic rings. The van der Waals surface area contributed by atoms with Crippen LogP contribution in [0.2, 0.25) is 0 Å². The standard InChI is InChI=1S/C12H23BrO3/c1-4-12(2,11-13)5-6-15-9-10-16-8-7-14-3/h4H,1,5-11H2,2-3H3. The summed E-state index contributed by atoms with van der Waals surface area (Å²) in [5, 5.41) is 0.914. The van der Waals surface area contributed by atoms with Crippen LogP contribution in [0.1, 0.15) is 13.3 Å². The van der Waals surface area contributed by atoms with Crippen molar-refractivity contribution in [2.24, 2.45) is 5.41 Å². The van der Waals surface area contributed by atoms with Crippen molar-refractivity contribution in [2.75, 3.05) is 45.5 Å². The maximum Gasteiger partial charge on any atom is 0.0701 e. The molecule has 4 heteroatoms. The molecule has 0 aromatic heterocycles. The topological polar surface area (TPSA) is 27.7 Å². The third kappa shape index (κ3) is 8.28. The van der Waals surface area contributed by atoms with Crippen LogP contribution < -0.4 is 0 Å². The molecule has 0 amide bonds. The first kappa shape index (κ1) is 16.1. The Balaban J connectivity index is 3.29. The quantitative estimate of drug-likeness (QED) is 0.333. The van der Waals surface area contributed by atoms with Crippen molar-refractivity contribution in [2.45, 2.75) is 13.3 Å². The number of methoxy groups -OCH3 is 1. The van der Waals surface area contributed by atoms with Crippen LogP contribution in [-0.4, -0.2) is 45.5 Å². The van der Waals surface area contributed by atoms with Crippen molar-refractivity contribution < 1.29 is 14.2 Å². The van der Waals surface area contributed by atoms with Crippen molar-refractivity contribution in [3.8, 4) is 0 Å². The summed E-state index contributed by atoms with van der Waals surface area (Å²) in [7, 11) is 1.66. The number of rotatable bonds is 11. The monoisotopic (exact) mass is 294 g/mol. The molecule has 0 rings (SSSR count). The summed E-state index contributed by atoms with van der Waals surface area (Å²) >= 11 is 3.48. The Labute approximate surface area is 107 Å². The molecule has 1 unspecified atom stereocenters. The number of ether oxygens (including phenoxy) is 3. The van der Waals surface area contributed by atoms with E-state index in [0.717, 1.165) is 18.4 Å². The molecule has 96 valence electrons. The van der Waals surface area contributed by atoms with Gasteiger partial charge >= 0.3 is 0 Å². The summed E-state index contributed by atoms with van der Waals surface area (Å²) in [5.74, 6) is 0. The zero-order valence-electron chi connectivity index (χ0n) is 10.3. The number of allylic oxidation sites excluding steroid dienone is 1. The van der Waals surface area contributed by atoms with Gasteiger partial charge in [0.2, 0.25) is 0 Å². The molecule has 16 heavy (non-hydrogen) atoms. The Morgan fingerprint density at radius 3 is 2.19 bits per heavy atom.